The fraction of sp³-hybridized carbons (Fsp3) is 0.417. The van der Waals surface area contributed by atoms with Crippen LogP contribution in [-0.2, 0) is 4.79 Å². The van der Waals surface area contributed by atoms with Gasteiger partial charge in [-0.05, 0) is 36.9 Å². The highest BCUT2D eigenvalue weighted by molar-refractivity contribution is 9.10. The molecule has 0 spiro atoms. The monoisotopic (exact) mass is 319 g/mol. The van der Waals surface area contributed by atoms with Crippen molar-refractivity contribution in [1.29, 1.82) is 0 Å². The molecule has 0 aromatic heterocycles. The van der Waals surface area contributed by atoms with Crippen molar-refractivity contribution >= 4 is 33.5 Å². The summed E-state index contributed by atoms with van der Waals surface area (Å²) in [5.74, 6) is -0.864. The average molecular weight is 321 g/mol. The molecule has 0 saturated heterocycles. The van der Waals surface area contributed by atoms with Gasteiger partial charge in [0.1, 0.15) is 6.04 Å². The number of aliphatic carboxylic acids is 1. The number of carboxylic acid groups (broad SMARTS) is 1. The summed E-state index contributed by atoms with van der Waals surface area (Å²) in [5, 5.41) is 9.91. The zero-order valence-electron chi connectivity index (χ0n) is 9.78. The molecule has 0 saturated carbocycles. The number of halogens is 2. The van der Waals surface area contributed by atoms with E-state index >= 15 is 0 Å². The van der Waals surface area contributed by atoms with Gasteiger partial charge in [0.15, 0.2) is 0 Å². The van der Waals surface area contributed by atoms with Crippen molar-refractivity contribution < 1.29 is 9.90 Å². The molecule has 0 aliphatic rings. The third-order valence-corrected chi connectivity index (χ3v) is 3.62. The molecule has 17 heavy (non-hydrogen) atoms. The number of likely N-dealkylation sites (N-methyl/N-ethyl adjacent to an activating group) is 1. The van der Waals surface area contributed by atoms with Gasteiger partial charge in [-0.3, -0.25) is 9.69 Å². The SMILES string of the molecule is CCN(CC)C(C(=O)O)c1cc(Cl)ccc1Br. The van der Waals surface area contributed by atoms with Crippen molar-refractivity contribution in [3.63, 3.8) is 0 Å². The van der Waals surface area contributed by atoms with Crippen LogP contribution in [0.15, 0.2) is 22.7 Å². The van der Waals surface area contributed by atoms with Gasteiger partial charge < -0.3 is 5.11 Å². The van der Waals surface area contributed by atoms with Gasteiger partial charge in [0, 0.05) is 9.50 Å². The van der Waals surface area contributed by atoms with Gasteiger partial charge >= 0.3 is 5.97 Å². The van der Waals surface area contributed by atoms with Gasteiger partial charge in [0.2, 0.25) is 0 Å². The smallest absolute Gasteiger partial charge is 0.325 e. The molecule has 1 unspecified atom stereocenters. The maximum Gasteiger partial charge on any atom is 0.325 e. The lowest BCUT2D eigenvalue weighted by atomic mass is 10.1. The van der Waals surface area contributed by atoms with Crippen LogP contribution >= 0.6 is 27.5 Å². The molecule has 0 amide bonds. The molecule has 1 atom stereocenters. The van der Waals surface area contributed by atoms with Crippen LogP contribution in [0.1, 0.15) is 25.5 Å². The van der Waals surface area contributed by atoms with E-state index in [4.69, 9.17) is 11.6 Å². The van der Waals surface area contributed by atoms with Gasteiger partial charge in [-0.15, -0.1) is 0 Å². The first-order chi connectivity index (χ1) is 8.01. The highest BCUT2D eigenvalue weighted by Gasteiger charge is 2.27. The minimum absolute atomic E-state index is 0.543. The van der Waals surface area contributed by atoms with E-state index in [2.05, 4.69) is 15.9 Å². The van der Waals surface area contributed by atoms with Gasteiger partial charge in [-0.25, -0.2) is 0 Å². The van der Waals surface area contributed by atoms with Crippen LogP contribution in [0.2, 0.25) is 5.02 Å². The van der Waals surface area contributed by atoms with E-state index in [1.807, 2.05) is 18.7 Å². The Morgan fingerprint density at radius 1 is 1.47 bits per heavy atom. The predicted octanol–water partition coefficient (Wildman–Crippen LogP) is 3.57. The second-order valence-electron chi connectivity index (χ2n) is 3.63. The molecular weight excluding hydrogens is 305 g/mol. The first-order valence-electron chi connectivity index (χ1n) is 5.43. The molecule has 1 rings (SSSR count). The summed E-state index contributed by atoms with van der Waals surface area (Å²) in [6.45, 7) is 5.23. The Labute approximate surface area is 115 Å². The lowest BCUT2D eigenvalue weighted by molar-refractivity contribution is -0.143. The molecule has 0 aliphatic heterocycles. The van der Waals surface area contributed by atoms with E-state index < -0.39 is 12.0 Å². The van der Waals surface area contributed by atoms with Crippen LogP contribution in [0.3, 0.4) is 0 Å². The van der Waals surface area contributed by atoms with Crippen LogP contribution in [0.4, 0.5) is 0 Å². The van der Waals surface area contributed by atoms with Gasteiger partial charge in [-0.1, -0.05) is 41.4 Å². The Balaban J connectivity index is 3.22. The first-order valence-corrected chi connectivity index (χ1v) is 6.60. The van der Waals surface area contributed by atoms with Crippen LogP contribution in [-0.4, -0.2) is 29.1 Å². The fourth-order valence-corrected chi connectivity index (χ4v) is 2.44. The highest BCUT2D eigenvalue weighted by Crippen LogP contribution is 2.30. The standard InChI is InChI=1S/C12H15BrClNO2/c1-3-15(4-2)11(12(16)17)9-7-8(14)5-6-10(9)13/h5-7,11H,3-4H2,1-2H3,(H,16,17). The molecule has 1 N–H and O–H groups in total. The topological polar surface area (TPSA) is 40.5 Å². The lowest BCUT2D eigenvalue weighted by Crippen LogP contribution is -2.34. The van der Waals surface area contributed by atoms with Gasteiger partial charge in [0.25, 0.3) is 0 Å². The molecule has 0 radical (unpaired) electrons. The molecule has 1 aromatic carbocycles. The van der Waals surface area contributed by atoms with Crippen molar-refractivity contribution in [2.75, 3.05) is 13.1 Å². The number of hydrogen-bond acceptors (Lipinski definition) is 2. The Morgan fingerprint density at radius 3 is 2.53 bits per heavy atom. The maximum absolute atomic E-state index is 11.4. The Kier molecular flexibility index (Phi) is 5.43. The number of carbonyl (C=O) groups is 1. The van der Waals surface area contributed by atoms with Crippen molar-refractivity contribution in [3.8, 4) is 0 Å². The maximum atomic E-state index is 11.4. The zero-order valence-corrected chi connectivity index (χ0v) is 12.1. The van der Waals surface area contributed by atoms with E-state index in [0.29, 0.717) is 23.7 Å². The van der Waals surface area contributed by atoms with Crippen molar-refractivity contribution in [2.24, 2.45) is 0 Å². The third-order valence-electron chi connectivity index (χ3n) is 2.66. The molecule has 0 fully saturated rings. The lowest BCUT2D eigenvalue weighted by Gasteiger charge is -2.27. The van der Waals surface area contributed by atoms with E-state index in [1.165, 1.54) is 0 Å². The first kappa shape index (κ1) is 14.5. The molecule has 94 valence electrons. The minimum Gasteiger partial charge on any atom is -0.480 e. The third kappa shape index (κ3) is 3.44. The molecule has 3 nitrogen and oxygen atoms in total. The predicted molar refractivity (Wildman–Crippen MR) is 72.4 cm³/mol. The molecule has 1 aromatic rings. The number of hydrogen-bond donors (Lipinski definition) is 1. The summed E-state index contributed by atoms with van der Waals surface area (Å²) in [6, 6.07) is 4.54. The van der Waals surface area contributed by atoms with Crippen molar-refractivity contribution in [1.82, 2.24) is 4.90 Å². The normalized spacial score (nSPS) is 12.8. The molecule has 0 heterocycles. The molecule has 0 aliphatic carbocycles. The van der Waals surface area contributed by atoms with Crippen molar-refractivity contribution in [2.45, 2.75) is 19.9 Å². The Hall–Kier alpha value is -0.580. The largest absolute Gasteiger partial charge is 0.480 e. The quantitative estimate of drug-likeness (QED) is 0.901. The average Bonchev–Trinajstić information content (AvgIpc) is 2.29. The van der Waals surface area contributed by atoms with Crippen LogP contribution in [0, 0.1) is 0 Å². The molecule has 5 heteroatoms. The summed E-state index contributed by atoms with van der Waals surface area (Å²) >= 11 is 9.30. The van der Waals surface area contributed by atoms with Gasteiger partial charge in [0.05, 0.1) is 0 Å². The van der Waals surface area contributed by atoms with Crippen LogP contribution in [0.25, 0.3) is 0 Å². The number of nitrogens with zero attached hydrogens (tertiary/aromatic N) is 1. The van der Waals surface area contributed by atoms with E-state index in [9.17, 15) is 9.90 Å². The molecular formula is C12H15BrClNO2. The number of benzene rings is 1. The van der Waals surface area contributed by atoms with Crippen LogP contribution < -0.4 is 0 Å². The zero-order chi connectivity index (χ0) is 13.0. The summed E-state index contributed by atoms with van der Waals surface area (Å²) in [6.07, 6.45) is 0. The van der Waals surface area contributed by atoms with Gasteiger partial charge in [-0.2, -0.15) is 0 Å². The number of carboxylic acids is 1. The molecule has 0 bridgehead atoms. The van der Waals surface area contributed by atoms with Crippen LogP contribution in [0.5, 0.6) is 0 Å². The van der Waals surface area contributed by atoms with E-state index in [1.54, 1.807) is 18.2 Å². The Bertz CT molecular complexity index is 407. The minimum atomic E-state index is -0.864. The second-order valence-corrected chi connectivity index (χ2v) is 4.92. The summed E-state index contributed by atoms with van der Waals surface area (Å²) in [5.41, 5.74) is 0.689. The Morgan fingerprint density at radius 2 is 2.06 bits per heavy atom. The fourth-order valence-electron chi connectivity index (χ4n) is 1.80. The summed E-state index contributed by atoms with van der Waals surface area (Å²) < 4.78 is 0.765. The summed E-state index contributed by atoms with van der Waals surface area (Å²) in [4.78, 5) is 13.3. The highest BCUT2D eigenvalue weighted by atomic mass is 79.9. The van der Waals surface area contributed by atoms with E-state index in [0.717, 1.165) is 4.47 Å². The number of rotatable bonds is 5. The van der Waals surface area contributed by atoms with E-state index in [-0.39, 0.29) is 0 Å². The van der Waals surface area contributed by atoms with Crippen molar-refractivity contribution in [3.05, 3.63) is 33.3 Å². The summed E-state index contributed by atoms with van der Waals surface area (Å²) in [7, 11) is 0. The second kappa shape index (κ2) is 6.38.